The summed E-state index contributed by atoms with van der Waals surface area (Å²) in [4.78, 5) is 11.7. The van der Waals surface area contributed by atoms with Crippen molar-refractivity contribution in [3.63, 3.8) is 0 Å². The highest BCUT2D eigenvalue weighted by Gasteiger charge is 2.24. The lowest BCUT2D eigenvalue weighted by Crippen LogP contribution is -2.29. The Morgan fingerprint density at radius 1 is 1.12 bits per heavy atom. The molecule has 0 saturated heterocycles. The molecule has 0 spiro atoms. The van der Waals surface area contributed by atoms with Crippen molar-refractivity contribution < 1.29 is 4.79 Å². The fourth-order valence-electron chi connectivity index (χ4n) is 3.01. The fourth-order valence-corrected chi connectivity index (χ4v) is 3.38. The van der Waals surface area contributed by atoms with Crippen molar-refractivity contribution in [1.29, 1.82) is 0 Å². The van der Waals surface area contributed by atoms with Gasteiger partial charge in [0.1, 0.15) is 0 Å². The van der Waals surface area contributed by atoms with Crippen LogP contribution in [0.2, 0.25) is 0 Å². The van der Waals surface area contributed by atoms with Crippen molar-refractivity contribution in [2.45, 2.75) is 56.7 Å². The SMILES string of the molecule is O=C(CC1CCCC1)NCC1CCC(Cl)C1. The molecule has 2 rings (SSSR count). The molecule has 2 saturated carbocycles. The van der Waals surface area contributed by atoms with E-state index in [1.165, 1.54) is 32.1 Å². The molecule has 2 nitrogen and oxygen atoms in total. The molecule has 16 heavy (non-hydrogen) atoms. The summed E-state index contributed by atoms with van der Waals surface area (Å²) in [6, 6.07) is 0. The lowest BCUT2D eigenvalue weighted by atomic mass is 10.0. The third-order valence-corrected chi connectivity index (χ3v) is 4.41. The summed E-state index contributed by atoms with van der Waals surface area (Å²) in [6.07, 6.45) is 9.25. The van der Waals surface area contributed by atoms with Crippen LogP contribution in [-0.2, 0) is 4.79 Å². The van der Waals surface area contributed by atoms with Gasteiger partial charge in [0.15, 0.2) is 0 Å². The van der Waals surface area contributed by atoms with E-state index in [4.69, 9.17) is 11.6 Å². The van der Waals surface area contributed by atoms with Gasteiger partial charge in [-0.25, -0.2) is 0 Å². The van der Waals surface area contributed by atoms with Crippen LogP contribution in [-0.4, -0.2) is 17.8 Å². The van der Waals surface area contributed by atoms with Crippen LogP contribution in [0.25, 0.3) is 0 Å². The second kappa shape index (κ2) is 5.90. The molecule has 2 aliphatic carbocycles. The standard InChI is InChI=1S/C13H22ClNO/c14-12-6-5-11(7-12)9-15-13(16)8-10-3-1-2-4-10/h10-12H,1-9H2,(H,15,16). The molecule has 2 unspecified atom stereocenters. The minimum absolute atomic E-state index is 0.255. The molecule has 0 bridgehead atoms. The Labute approximate surface area is 103 Å². The van der Waals surface area contributed by atoms with Crippen LogP contribution in [0, 0.1) is 11.8 Å². The van der Waals surface area contributed by atoms with Crippen molar-refractivity contribution in [2.75, 3.05) is 6.54 Å². The zero-order chi connectivity index (χ0) is 11.4. The van der Waals surface area contributed by atoms with Crippen molar-refractivity contribution in [3.05, 3.63) is 0 Å². The van der Waals surface area contributed by atoms with Crippen LogP contribution < -0.4 is 5.32 Å². The third kappa shape index (κ3) is 3.65. The Morgan fingerprint density at radius 2 is 1.88 bits per heavy atom. The Hall–Kier alpha value is -0.240. The molecule has 0 aromatic carbocycles. The molecule has 2 fully saturated rings. The van der Waals surface area contributed by atoms with Gasteiger partial charge in [0, 0.05) is 18.3 Å². The summed E-state index contributed by atoms with van der Waals surface area (Å²) < 4.78 is 0. The number of nitrogens with one attached hydrogen (secondary N) is 1. The highest BCUT2D eigenvalue weighted by Crippen LogP contribution is 2.29. The zero-order valence-electron chi connectivity index (χ0n) is 9.88. The van der Waals surface area contributed by atoms with Crippen molar-refractivity contribution in [2.24, 2.45) is 11.8 Å². The van der Waals surface area contributed by atoms with Crippen LogP contribution in [0.5, 0.6) is 0 Å². The van der Waals surface area contributed by atoms with Crippen LogP contribution in [0.1, 0.15) is 51.4 Å². The molecule has 92 valence electrons. The number of hydrogen-bond acceptors (Lipinski definition) is 1. The number of alkyl halides is 1. The third-order valence-electron chi connectivity index (χ3n) is 4.01. The first-order valence-corrected chi connectivity index (χ1v) is 7.08. The van der Waals surface area contributed by atoms with E-state index in [-0.39, 0.29) is 5.91 Å². The first kappa shape index (κ1) is 12.2. The van der Waals surface area contributed by atoms with Crippen LogP contribution in [0.4, 0.5) is 0 Å². The van der Waals surface area contributed by atoms with E-state index in [1.54, 1.807) is 0 Å². The number of halogens is 1. The second-order valence-corrected chi connectivity index (χ2v) is 6.05. The molecule has 0 radical (unpaired) electrons. The smallest absolute Gasteiger partial charge is 0.220 e. The molecule has 2 atom stereocenters. The largest absolute Gasteiger partial charge is 0.356 e. The molecule has 0 aromatic rings. The van der Waals surface area contributed by atoms with Gasteiger partial charge < -0.3 is 5.32 Å². The lowest BCUT2D eigenvalue weighted by Gasteiger charge is -2.13. The van der Waals surface area contributed by atoms with Gasteiger partial charge in [-0.05, 0) is 43.9 Å². The van der Waals surface area contributed by atoms with Crippen molar-refractivity contribution in [3.8, 4) is 0 Å². The lowest BCUT2D eigenvalue weighted by molar-refractivity contribution is -0.122. The molecular formula is C13H22ClNO. The van der Waals surface area contributed by atoms with Gasteiger partial charge in [0.2, 0.25) is 5.91 Å². The minimum atomic E-state index is 0.255. The van der Waals surface area contributed by atoms with Gasteiger partial charge in [0.05, 0.1) is 0 Å². The van der Waals surface area contributed by atoms with Gasteiger partial charge in [-0.2, -0.15) is 0 Å². The van der Waals surface area contributed by atoms with Crippen LogP contribution in [0.15, 0.2) is 0 Å². The quantitative estimate of drug-likeness (QED) is 0.756. The van der Waals surface area contributed by atoms with E-state index in [9.17, 15) is 4.79 Å². The van der Waals surface area contributed by atoms with E-state index in [1.807, 2.05) is 0 Å². The number of carbonyl (C=O) groups excluding carboxylic acids is 1. The number of carbonyl (C=O) groups is 1. The predicted octanol–water partition coefficient (Wildman–Crippen LogP) is 3.09. The van der Waals surface area contributed by atoms with Gasteiger partial charge in [-0.1, -0.05) is 12.8 Å². The maximum Gasteiger partial charge on any atom is 0.220 e. The monoisotopic (exact) mass is 243 g/mol. The highest BCUT2D eigenvalue weighted by molar-refractivity contribution is 6.20. The van der Waals surface area contributed by atoms with Crippen LogP contribution in [0.3, 0.4) is 0 Å². The first-order chi connectivity index (χ1) is 7.74. The number of hydrogen-bond donors (Lipinski definition) is 1. The average Bonchev–Trinajstić information content (AvgIpc) is 2.87. The molecule has 2 aliphatic rings. The number of rotatable bonds is 4. The summed E-state index contributed by atoms with van der Waals surface area (Å²) >= 11 is 6.05. The van der Waals surface area contributed by atoms with E-state index >= 15 is 0 Å². The second-order valence-electron chi connectivity index (χ2n) is 5.44. The molecular weight excluding hydrogens is 222 g/mol. The van der Waals surface area contributed by atoms with Gasteiger partial charge in [-0.15, -0.1) is 11.6 Å². The number of amides is 1. The maximum absolute atomic E-state index is 11.7. The predicted molar refractivity (Wildman–Crippen MR) is 66.6 cm³/mol. The average molecular weight is 244 g/mol. The molecule has 1 amide bonds. The summed E-state index contributed by atoms with van der Waals surface area (Å²) in [5, 5.41) is 3.42. The summed E-state index contributed by atoms with van der Waals surface area (Å²) in [7, 11) is 0. The summed E-state index contributed by atoms with van der Waals surface area (Å²) in [5.74, 6) is 1.53. The fraction of sp³-hybridized carbons (Fsp3) is 0.923. The molecule has 1 N–H and O–H groups in total. The topological polar surface area (TPSA) is 29.1 Å². The Kier molecular flexibility index (Phi) is 4.51. The Morgan fingerprint density at radius 3 is 2.50 bits per heavy atom. The van der Waals surface area contributed by atoms with E-state index in [2.05, 4.69) is 5.32 Å². The highest BCUT2D eigenvalue weighted by atomic mass is 35.5. The maximum atomic E-state index is 11.7. The Bertz CT molecular complexity index is 238. The zero-order valence-corrected chi connectivity index (χ0v) is 10.6. The molecule has 3 heteroatoms. The van der Waals surface area contributed by atoms with Crippen molar-refractivity contribution >= 4 is 17.5 Å². The van der Waals surface area contributed by atoms with E-state index in [0.29, 0.717) is 17.2 Å². The summed E-state index contributed by atoms with van der Waals surface area (Å²) in [5.41, 5.74) is 0. The van der Waals surface area contributed by atoms with E-state index in [0.717, 1.165) is 25.8 Å². The van der Waals surface area contributed by atoms with Gasteiger partial charge >= 0.3 is 0 Å². The van der Waals surface area contributed by atoms with Crippen LogP contribution >= 0.6 is 11.6 Å². The molecule has 0 aromatic heterocycles. The van der Waals surface area contributed by atoms with Gasteiger partial charge in [0.25, 0.3) is 0 Å². The normalized spacial score (nSPS) is 30.8. The molecule has 0 heterocycles. The minimum Gasteiger partial charge on any atom is -0.356 e. The summed E-state index contributed by atoms with van der Waals surface area (Å²) in [6.45, 7) is 0.842. The van der Waals surface area contributed by atoms with Gasteiger partial charge in [-0.3, -0.25) is 4.79 Å². The Balaban J connectivity index is 1.60. The molecule has 0 aliphatic heterocycles. The van der Waals surface area contributed by atoms with Crippen molar-refractivity contribution in [1.82, 2.24) is 5.32 Å². The van der Waals surface area contributed by atoms with E-state index < -0.39 is 0 Å². The first-order valence-electron chi connectivity index (χ1n) is 6.65.